The lowest BCUT2D eigenvalue weighted by atomic mass is 10.00. The molecule has 2 bridgehead atoms. The van der Waals surface area contributed by atoms with Gasteiger partial charge in [0.1, 0.15) is 5.82 Å². The molecule has 2 saturated heterocycles. The van der Waals surface area contributed by atoms with E-state index in [-0.39, 0.29) is 17.8 Å². The molecule has 1 aromatic heterocycles. The molecule has 3 heterocycles. The Labute approximate surface area is 138 Å². The van der Waals surface area contributed by atoms with E-state index in [1.54, 1.807) is 12.1 Å². The number of benzene rings is 1. The summed E-state index contributed by atoms with van der Waals surface area (Å²) in [6, 6.07) is 11.6. The van der Waals surface area contributed by atoms with Crippen molar-refractivity contribution >= 4 is 17.2 Å². The standard InChI is InChI=1S/C18H19FN2OS/c19-12-3-1-11(2-4-12)16-7-8-17(23-16)18(22)21-15-9-13-5-6-14(10-15)20-13/h1-4,7-8,13-15,20H,5-6,9-10H2,(H,21,22). The maximum absolute atomic E-state index is 13.0. The Hall–Kier alpha value is -1.72. The first-order chi connectivity index (χ1) is 11.2. The Bertz CT molecular complexity index is 700. The van der Waals surface area contributed by atoms with E-state index in [1.807, 2.05) is 12.1 Å². The fraction of sp³-hybridized carbons (Fsp3) is 0.389. The van der Waals surface area contributed by atoms with E-state index >= 15 is 0 Å². The third-order valence-electron chi connectivity index (χ3n) is 4.77. The number of nitrogens with one attached hydrogen (secondary N) is 2. The predicted octanol–water partition coefficient (Wildman–Crippen LogP) is 3.57. The van der Waals surface area contributed by atoms with Gasteiger partial charge in [0, 0.05) is 23.0 Å². The van der Waals surface area contributed by atoms with E-state index in [2.05, 4.69) is 10.6 Å². The maximum atomic E-state index is 13.0. The zero-order valence-electron chi connectivity index (χ0n) is 12.7. The Morgan fingerprint density at radius 1 is 1.09 bits per heavy atom. The molecule has 0 saturated carbocycles. The van der Waals surface area contributed by atoms with Crippen molar-refractivity contribution in [1.82, 2.24) is 10.6 Å². The second-order valence-electron chi connectivity index (χ2n) is 6.45. The monoisotopic (exact) mass is 330 g/mol. The molecule has 2 atom stereocenters. The number of hydrogen-bond acceptors (Lipinski definition) is 3. The van der Waals surface area contributed by atoms with Crippen LogP contribution in [0.15, 0.2) is 36.4 Å². The highest BCUT2D eigenvalue weighted by Crippen LogP contribution is 2.30. The lowest BCUT2D eigenvalue weighted by Crippen LogP contribution is -2.47. The van der Waals surface area contributed by atoms with Crippen LogP contribution in [0.5, 0.6) is 0 Å². The van der Waals surface area contributed by atoms with Crippen LogP contribution in [0.3, 0.4) is 0 Å². The maximum Gasteiger partial charge on any atom is 0.261 e. The third-order valence-corrected chi connectivity index (χ3v) is 5.90. The van der Waals surface area contributed by atoms with Gasteiger partial charge in [-0.25, -0.2) is 4.39 Å². The molecule has 2 fully saturated rings. The Morgan fingerprint density at radius 3 is 2.48 bits per heavy atom. The van der Waals surface area contributed by atoms with Crippen LogP contribution in [0.1, 0.15) is 35.4 Å². The van der Waals surface area contributed by atoms with Crippen molar-refractivity contribution < 1.29 is 9.18 Å². The number of fused-ring (bicyclic) bond motifs is 2. The SMILES string of the molecule is O=C(NC1CC2CCC(C1)N2)c1ccc(-c2ccc(F)cc2)s1. The molecule has 2 aromatic rings. The van der Waals surface area contributed by atoms with E-state index in [1.165, 1.54) is 36.3 Å². The topological polar surface area (TPSA) is 41.1 Å². The second-order valence-corrected chi connectivity index (χ2v) is 7.53. The lowest BCUT2D eigenvalue weighted by molar-refractivity contribution is 0.0928. The molecule has 1 aromatic carbocycles. The number of thiophene rings is 1. The molecule has 2 aliphatic rings. The van der Waals surface area contributed by atoms with Crippen molar-refractivity contribution in [1.29, 1.82) is 0 Å². The summed E-state index contributed by atoms with van der Waals surface area (Å²) in [6.07, 6.45) is 4.51. The summed E-state index contributed by atoms with van der Waals surface area (Å²) in [5.74, 6) is -0.238. The zero-order chi connectivity index (χ0) is 15.8. The van der Waals surface area contributed by atoms with Gasteiger partial charge in [0.05, 0.1) is 4.88 Å². The summed E-state index contributed by atoms with van der Waals surface area (Å²) in [5, 5.41) is 6.77. The van der Waals surface area contributed by atoms with Crippen molar-refractivity contribution in [3.05, 3.63) is 47.1 Å². The summed E-state index contributed by atoms with van der Waals surface area (Å²) >= 11 is 1.46. The summed E-state index contributed by atoms with van der Waals surface area (Å²) in [7, 11) is 0. The summed E-state index contributed by atoms with van der Waals surface area (Å²) in [6.45, 7) is 0. The lowest BCUT2D eigenvalue weighted by Gasteiger charge is -2.29. The summed E-state index contributed by atoms with van der Waals surface area (Å²) < 4.78 is 13.0. The van der Waals surface area contributed by atoms with Crippen molar-refractivity contribution in [3.63, 3.8) is 0 Å². The van der Waals surface area contributed by atoms with Crippen LogP contribution in [0, 0.1) is 5.82 Å². The minimum atomic E-state index is -0.246. The van der Waals surface area contributed by atoms with Crippen LogP contribution in [0.25, 0.3) is 10.4 Å². The number of carbonyl (C=O) groups is 1. The predicted molar refractivity (Wildman–Crippen MR) is 90.1 cm³/mol. The largest absolute Gasteiger partial charge is 0.348 e. The number of amides is 1. The first-order valence-corrected chi connectivity index (χ1v) is 8.92. The van der Waals surface area contributed by atoms with E-state index in [0.29, 0.717) is 12.1 Å². The molecule has 2 unspecified atom stereocenters. The Morgan fingerprint density at radius 2 is 1.78 bits per heavy atom. The molecular formula is C18H19FN2OS. The minimum absolute atomic E-state index is 0.00895. The van der Waals surface area contributed by atoms with E-state index < -0.39 is 0 Å². The molecule has 1 amide bonds. The van der Waals surface area contributed by atoms with Gasteiger partial charge in [-0.05, 0) is 55.5 Å². The van der Waals surface area contributed by atoms with Crippen molar-refractivity contribution in [2.45, 2.75) is 43.8 Å². The van der Waals surface area contributed by atoms with Crippen LogP contribution in [-0.2, 0) is 0 Å². The molecule has 3 nitrogen and oxygen atoms in total. The Balaban J connectivity index is 1.44. The zero-order valence-corrected chi connectivity index (χ0v) is 13.5. The molecule has 0 spiro atoms. The van der Waals surface area contributed by atoms with Crippen LogP contribution in [0.2, 0.25) is 0 Å². The van der Waals surface area contributed by atoms with Crippen molar-refractivity contribution in [2.24, 2.45) is 0 Å². The number of piperidine rings is 1. The number of rotatable bonds is 3. The van der Waals surface area contributed by atoms with Gasteiger partial charge in [0.2, 0.25) is 0 Å². The molecule has 0 radical (unpaired) electrons. The van der Waals surface area contributed by atoms with E-state index in [4.69, 9.17) is 0 Å². The number of halogens is 1. The average molecular weight is 330 g/mol. The fourth-order valence-electron chi connectivity index (χ4n) is 3.66. The van der Waals surface area contributed by atoms with Gasteiger partial charge in [0.25, 0.3) is 5.91 Å². The van der Waals surface area contributed by atoms with E-state index in [9.17, 15) is 9.18 Å². The third kappa shape index (κ3) is 3.16. The van der Waals surface area contributed by atoms with Crippen LogP contribution in [0.4, 0.5) is 4.39 Å². The molecule has 2 aliphatic heterocycles. The highest BCUT2D eigenvalue weighted by molar-refractivity contribution is 7.17. The van der Waals surface area contributed by atoms with Gasteiger partial charge >= 0.3 is 0 Å². The van der Waals surface area contributed by atoms with Gasteiger partial charge in [-0.2, -0.15) is 0 Å². The fourth-order valence-corrected chi connectivity index (χ4v) is 4.58. The molecule has 2 N–H and O–H groups in total. The summed E-state index contributed by atoms with van der Waals surface area (Å²) in [4.78, 5) is 14.2. The van der Waals surface area contributed by atoms with Gasteiger partial charge in [-0.15, -0.1) is 11.3 Å². The molecule has 4 rings (SSSR count). The Kier molecular flexibility index (Phi) is 3.91. The molecule has 5 heteroatoms. The molecular weight excluding hydrogens is 311 g/mol. The van der Waals surface area contributed by atoms with Gasteiger partial charge < -0.3 is 10.6 Å². The minimum Gasteiger partial charge on any atom is -0.348 e. The normalized spacial score (nSPS) is 26.2. The van der Waals surface area contributed by atoms with Crippen LogP contribution in [-0.4, -0.2) is 24.0 Å². The van der Waals surface area contributed by atoms with Crippen molar-refractivity contribution in [2.75, 3.05) is 0 Å². The number of hydrogen-bond donors (Lipinski definition) is 2. The quantitative estimate of drug-likeness (QED) is 0.903. The molecule has 23 heavy (non-hydrogen) atoms. The highest BCUT2D eigenvalue weighted by Gasteiger charge is 2.34. The van der Waals surface area contributed by atoms with Gasteiger partial charge in [-0.1, -0.05) is 12.1 Å². The first-order valence-electron chi connectivity index (χ1n) is 8.10. The van der Waals surface area contributed by atoms with Crippen LogP contribution >= 0.6 is 11.3 Å². The van der Waals surface area contributed by atoms with Crippen molar-refractivity contribution in [3.8, 4) is 10.4 Å². The molecule has 0 aliphatic carbocycles. The molecule has 120 valence electrons. The van der Waals surface area contributed by atoms with E-state index in [0.717, 1.165) is 28.2 Å². The second kappa shape index (κ2) is 6.06. The summed E-state index contributed by atoms with van der Waals surface area (Å²) in [5.41, 5.74) is 0.940. The highest BCUT2D eigenvalue weighted by atomic mass is 32.1. The number of carbonyl (C=O) groups excluding carboxylic acids is 1. The smallest absolute Gasteiger partial charge is 0.261 e. The van der Waals surface area contributed by atoms with Gasteiger partial charge in [-0.3, -0.25) is 4.79 Å². The average Bonchev–Trinajstić information content (AvgIpc) is 3.15. The van der Waals surface area contributed by atoms with Crippen LogP contribution < -0.4 is 10.6 Å². The first kappa shape index (κ1) is 14.8. The van der Waals surface area contributed by atoms with Gasteiger partial charge in [0.15, 0.2) is 0 Å².